The topological polar surface area (TPSA) is 128 Å². The van der Waals surface area contributed by atoms with Crippen LogP contribution in [0.3, 0.4) is 0 Å². The van der Waals surface area contributed by atoms with Gasteiger partial charge in [-0.1, -0.05) is 13.8 Å². The van der Waals surface area contributed by atoms with E-state index in [9.17, 15) is 14.4 Å². The SMILES string of the molecule is COC[C@@H](NC(=O)[C@@H](N)CC(=O)O)C(=O)OC(C(C)C)C1CC1. The van der Waals surface area contributed by atoms with E-state index in [1.54, 1.807) is 0 Å². The van der Waals surface area contributed by atoms with Crippen LogP contribution in [-0.2, 0) is 23.9 Å². The quantitative estimate of drug-likeness (QED) is 0.477. The number of nitrogens with two attached hydrogens (primary N) is 1. The molecule has 8 heteroatoms. The van der Waals surface area contributed by atoms with Crippen molar-refractivity contribution in [3.8, 4) is 0 Å². The summed E-state index contributed by atoms with van der Waals surface area (Å²) in [6.45, 7) is 3.88. The Balaban J connectivity index is 2.63. The Hall–Kier alpha value is -1.67. The molecule has 4 N–H and O–H groups in total. The molecule has 1 rings (SSSR count). The molecule has 8 nitrogen and oxygen atoms in total. The standard InChI is InChI=1S/C15H26N2O6/c1-8(2)13(9-4-5-9)23-15(21)11(7-22-3)17-14(20)10(16)6-12(18)19/h8-11,13H,4-7,16H2,1-3H3,(H,17,20)(H,18,19)/t10-,11+,13?/m0/s1. The van der Waals surface area contributed by atoms with Crippen LogP contribution in [0.1, 0.15) is 33.1 Å². The number of carbonyl (C=O) groups excluding carboxylic acids is 2. The van der Waals surface area contributed by atoms with Crippen molar-refractivity contribution in [2.24, 2.45) is 17.6 Å². The van der Waals surface area contributed by atoms with Crippen LogP contribution in [0.15, 0.2) is 0 Å². The highest BCUT2D eigenvalue weighted by Gasteiger charge is 2.37. The van der Waals surface area contributed by atoms with Crippen LogP contribution in [0.25, 0.3) is 0 Å². The summed E-state index contributed by atoms with van der Waals surface area (Å²) >= 11 is 0. The van der Waals surface area contributed by atoms with Crippen LogP contribution in [0, 0.1) is 11.8 Å². The van der Waals surface area contributed by atoms with E-state index in [1.165, 1.54) is 7.11 Å². The summed E-state index contributed by atoms with van der Waals surface area (Å²) in [5, 5.41) is 11.1. The molecule has 132 valence electrons. The molecule has 1 aliphatic rings. The third-order valence-electron chi connectivity index (χ3n) is 3.66. The van der Waals surface area contributed by atoms with Crippen LogP contribution in [0.2, 0.25) is 0 Å². The number of ether oxygens (including phenoxy) is 2. The fourth-order valence-electron chi connectivity index (χ4n) is 2.31. The Morgan fingerprint density at radius 1 is 1.30 bits per heavy atom. The minimum Gasteiger partial charge on any atom is -0.481 e. The Kier molecular flexibility index (Phi) is 7.44. The zero-order valence-electron chi connectivity index (χ0n) is 13.8. The maximum absolute atomic E-state index is 12.3. The second-order valence-corrected chi connectivity index (χ2v) is 6.20. The molecule has 0 saturated heterocycles. The number of nitrogens with one attached hydrogen (secondary N) is 1. The van der Waals surface area contributed by atoms with Gasteiger partial charge < -0.3 is 25.6 Å². The van der Waals surface area contributed by atoms with Gasteiger partial charge in [-0.15, -0.1) is 0 Å². The molecule has 0 aromatic carbocycles. The number of amides is 1. The fraction of sp³-hybridized carbons (Fsp3) is 0.800. The van der Waals surface area contributed by atoms with Gasteiger partial charge in [0.2, 0.25) is 5.91 Å². The molecule has 0 aromatic heterocycles. The van der Waals surface area contributed by atoms with E-state index >= 15 is 0 Å². The van der Waals surface area contributed by atoms with Gasteiger partial charge >= 0.3 is 11.9 Å². The molecule has 0 aromatic rings. The first-order chi connectivity index (χ1) is 10.8. The maximum Gasteiger partial charge on any atom is 0.331 e. The largest absolute Gasteiger partial charge is 0.481 e. The van der Waals surface area contributed by atoms with Crippen molar-refractivity contribution in [1.82, 2.24) is 5.32 Å². The number of carboxylic acids is 1. The molecule has 1 unspecified atom stereocenters. The van der Waals surface area contributed by atoms with E-state index in [0.29, 0.717) is 5.92 Å². The van der Waals surface area contributed by atoms with Crippen molar-refractivity contribution >= 4 is 17.8 Å². The molecule has 0 bridgehead atoms. The zero-order valence-corrected chi connectivity index (χ0v) is 13.8. The molecule has 3 atom stereocenters. The second-order valence-electron chi connectivity index (χ2n) is 6.20. The summed E-state index contributed by atoms with van der Waals surface area (Å²) in [5.41, 5.74) is 5.48. The van der Waals surface area contributed by atoms with Crippen molar-refractivity contribution in [2.45, 2.75) is 51.3 Å². The van der Waals surface area contributed by atoms with Crippen LogP contribution < -0.4 is 11.1 Å². The predicted octanol–water partition coefficient (Wildman–Crippen LogP) is -0.103. The number of carbonyl (C=O) groups is 3. The van der Waals surface area contributed by atoms with Crippen LogP contribution in [0.4, 0.5) is 0 Å². The number of aliphatic carboxylic acids is 1. The normalized spacial score (nSPS) is 18.1. The summed E-state index contributed by atoms with van der Waals surface area (Å²) in [4.78, 5) is 34.7. The molecule has 0 aliphatic heterocycles. The molecule has 1 aliphatic carbocycles. The minimum absolute atomic E-state index is 0.0696. The highest BCUT2D eigenvalue weighted by Crippen LogP contribution is 2.37. The third kappa shape index (κ3) is 6.54. The minimum atomic E-state index is -1.23. The highest BCUT2D eigenvalue weighted by atomic mass is 16.5. The van der Waals surface area contributed by atoms with Crippen LogP contribution >= 0.6 is 0 Å². The smallest absolute Gasteiger partial charge is 0.331 e. The highest BCUT2D eigenvalue weighted by molar-refractivity contribution is 5.89. The van der Waals surface area contributed by atoms with Gasteiger partial charge in [0.1, 0.15) is 6.10 Å². The van der Waals surface area contributed by atoms with E-state index < -0.39 is 36.4 Å². The molecular formula is C15H26N2O6. The Morgan fingerprint density at radius 3 is 2.35 bits per heavy atom. The van der Waals surface area contributed by atoms with E-state index in [-0.39, 0.29) is 18.6 Å². The Bertz CT molecular complexity index is 434. The number of rotatable bonds is 10. The second kappa shape index (κ2) is 8.83. The van der Waals surface area contributed by atoms with E-state index in [2.05, 4.69) is 5.32 Å². The number of hydrogen-bond donors (Lipinski definition) is 3. The number of esters is 1. The predicted molar refractivity (Wildman–Crippen MR) is 81.5 cm³/mol. The van der Waals surface area contributed by atoms with E-state index in [1.807, 2.05) is 13.8 Å². The van der Waals surface area contributed by atoms with Gasteiger partial charge in [-0.2, -0.15) is 0 Å². The molecule has 23 heavy (non-hydrogen) atoms. The zero-order chi connectivity index (χ0) is 17.6. The first-order valence-electron chi connectivity index (χ1n) is 7.73. The van der Waals surface area contributed by atoms with Crippen LogP contribution in [0.5, 0.6) is 0 Å². The monoisotopic (exact) mass is 330 g/mol. The number of hydrogen-bond acceptors (Lipinski definition) is 6. The first-order valence-corrected chi connectivity index (χ1v) is 7.73. The Morgan fingerprint density at radius 2 is 1.91 bits per heavy atom. The van der Waals surface area contributed by atoms with Gasteiger partial charge in [0, 0.05) is 7.11 Å². The van der Waals surface area contributed by atoms with Gasteiger partial charge in [0.15, 0.2) is 6.04 Å². The van der Waals surface area contributed by atoms with Gasteiger partial charge in [-0.25, -0.2) is 4.79 Å². The van der Waals surface area contributed by atoms with Gasteiger partial charge in [-0.3, -0.25) is 9.59 Å². The molecule has 0 heterocycles. The summed E-state index contributed by atoms with van der Waals surface area (Å²) in [6.07, 6.45) is 1.35. The van der Waals surface area contributed by atoms with E-state index in [0.717, 1.165) is 12.8 Å². The summed E-state index contributed by atoms with van der Waals surface area (Å²) in [6, 6.07) is -2.24. The fourth-order valence-corrected chi connectivity index (χ4v) is 2.31. The lowest BCUT2D eigenvalue weighted by Gasteiger charge is -2.25. The van der Waals surface area contributed by atoms with Gasteiger partial charge in [0.05, 0.1) is 19.1 Å². The molecule has 0 radical (unpaired) electrons. The van der Waals surface area contributed by atoms with Gasteiger partial charge in [0.25, 0.3) is 0 Å². The molecular weight excluding hydrogens is 304 g/mol. The molecule has 0 spiro atoms. The van der Waals surface area contributed by atoms with Gasteiger partial charge in [-0.05, 0) is 24.7 Å². The van der Waals surface area contributed by atoms with Crippen molar-refractivity contribution in [3.05, 3.63) is 0 Å². The number of methoxy groups -OCH3 is 1. The van der Waals surface area contributed by atoms with Crippen molar-refractivity contribution in [3.63, 3.8) is 0 Å². The lowest BCUT2D eigenvalue weighted by atomic mass is 10.0. The lowest BCUT2D eigenvalue weighted by molar-refractivity contribution is -0.158. The van der Waals surface area contributed by atoms with E-state index in [4.69, 9.17) is 20.3 Å². The first kappa shape index (κ1) is 19.4. The average molecular weight is 330 g/mol. The average Bonchev–Trinajstić information content (AvgIpc) is 3.27. The third-order valence-corrected chi connectivity index (χ3v) is 3.66. The number of carboxylic acid groups (broad SMARTS) is 1. The molecule has 1 fully saturated rings. The van der Waals surface area contributed by atoms with Crippen molar-refractivity contribution in [1.29, 1.82) is 0 Å². The summed E-state index contributed by atoms with van der Waals surface area (Å²) < 4.78 is 10.5. The van der Waals surface area contributed by atoms with Crippen LogP contribution in [-0.4, -0.2) is 54.9 Å². The summed E-state index contributed by atoms with van der Waals surface area (Å²) in [7, 11) is 1.39. The van der Waals surface area contributed by atoms with Crippen molar-refractivity contribution in [2.75, 3.05) is 13.7 Å². The van der Waals surface area contributed by atoms with Crippen molar-refractivity contribution < 1.29 is 29.0 Å². The maximum atomic E-state index is 12.3. The lowest BCUT2D eigenvalue weighted by Crippen LogP contribution is -2.52. The molecule has 1 saturated carbocycles. The summed E-state index contributed by atoms with van der Waals surface area (Å²) in [5.74, 6) is -1.95. The molecule has 1 amide bonds. The Labute approximate surface area is 135 Å².